The van der Waals surface area contributed by atoms with Crippen molar-refractivity contribution in [2.24, 2.45) is 0 Å². The van der Waals surface area contributed by atoms with Gasteiger partial charge < -0.3 is 33.2 Å². The number of ether oxygens (including phenoxy) is 5. The Hall–Kier alpha value is -2.26. The molecule has 13 nitrogen and oxygen atoms in total. The quantitative estimate of drug-likeness (QED) is 0.200. The van der Waals surface area contributed by atoms with Crippen LogP contribution < -0.4 is 0 Å². The number of carbonyl (C=O) groups is 4. The third kappa shape index (κ3) is 10.6. The minimum Gasteiger partial charge on any atom is -0.460 e. The fraction of sp³-hybridized carbons (Fsp3) is 0.875. The van der Waals surface area contributed by atoms with Crippen molar-refractivity contribution in [1.82, 2.24) is 9.80 Å². The summed E-state index contributed by atoms with van der Waals surface area (Å²) in [7, 11) is -2.23. The second-order valence-corrected chi connectivity index (χ2v) is 21.0. The van der Waals surface area contributed by atoms with Gasteiger partial charge in [0.2, 0.25) is 5.91 Å². The molecule has 0 bridgehead atoms. The zero-order chi connectivity index (χ0) is 35.8. The van der Waals surface area contributed by atoms with Crippen LogP contribution in [0.4, 0.5) is 9.59 Å². The normalized spacial score (nSPS) is 24.6. The van der Waals surface area contributed by atoms with Gasteiger partial charge >= 0.3 is 18.2 Å². The number of hydrogen-bond acceptors (Lipinski definition) is 11. The lowest BCUT2D eigenvalue weighted by molar-refractivity contribution is -0.179. The number of imide groups is 1. The summed E-state index contributed by atoms with van der Waals surface area (Å²) in [4.78, 5) is 54.8. The summed E-state index contributed by atoms with van der Waals surface area (Å²) < 4.78 is 36.0. The number of fused-ring (bicyclic) bond motifs is 1. The predicted molar refractivity (Wildman–Crippen MR) is 172 cm³/mol. The highest BCUT2D eigenvalue weighted by atomic mass is 28.4. The van der Waals surface area contributed by atoms with Crippen molar-refractivity contribution in [2.75, 3.05) is 13.2 Å². The maximum absolute atomic E-state index is 14.0. The summed E-state index contributed by atoms with van der Waals surface area (Å²) in [6.07, 6.45) is -5.68. The summed E-state index contributed by atoms with van der Waals surface area (Å²) in [5, 5.41) is 11.1. The SMILES string of the molecule is CC(=O)O[C@@H](C[C@@H](O)CO[Si](C)(C)C(C)(C)C)[C@@H]1[C@@H]2OC(C)(C)O[C@@H]2[C@@H](CN(C(C)=O)C(=O)OC(C)(C)C)N1C(=O)OC(C)(C)C. The average Bonchev–Trinajstić information content (AvgIpc) is 3.27. The number of amides is 3. The third-order valence-electron chi connectivity index (χ3n) is 8.17. The summed E-state index contributed by atoms with van der Waals surface area (Å²) in [5.41, 5.74) is -1.82. The van der Waals surface area contributed by atoms with Crippen LogP contribution >= 0.6 is 0 Å². The van der Waals surface area contributed by atoms with Crippen molar-refractivity contribution >= 4 is 32.4 Å². The van der Waals surface area contributed by atoms with Gasteiger partial charge in [0.25, 0.3) is 0 Å². The molecule has 2 saturated heterocycles. The van der Waals surface area contributed by atoms with Crippen molar-refractivity contribution in [3.63, 3.8) is 0 Å². The van der Waals surface area contributed by atoms with Crippen LogP contribution in [-0.4, -0.2) is 114 Å². The number of hydrogen-bond donors (Lipinski definition) is 1. The molecule has 3 amide bonds. The first-order valence-electron chi connectivity index (χ1n) is 15.9. The Morgan fingerprint density at radius 3 is 1.89 bits per heavy atom. The third-order valence-corrected chi connectivity index (χ3v) is 12.7. The van der Waals surface area contributed by atoms with Crippen LogP contribution in [0.3, 0.4) is 0 Å². The van der Waals surface area contributed by atoms with Crippen LogP contribution in [0.5, 0.6) is 0 Å². The number of nitrogens with zero attached hydrogens (tertiary/aromatic N) is 2. The monoisotopic (exact) mass is 674 g/mol. The number of aliphatic hydroxyl groups is 1. The molecule has 1 N–H and O–H groups in total. The molecule has 2 fully saturated rings. The Kier molecular flexibility index (Phi) is 12.2. The second-order valence-electron chi connectivity index (χ2n) is 16.2. The number of aliphatic hydroxyl groups excluding tert-OH is 1. The minimum atomic E-state index is -2.23. The molecule has 0 aliphatic carbocycles. The Balaban J connectivity index is 2.62. The minimum absolute atomic E-state index is 0.00938. The van der Waals surface area contributed by atoms with E-state index in [9.17, 15) is 24.3 Å². The molecule has 46 heavy (non-hydrogen) atoms. The molecule has 2 rings (SSSR count). The average molecular weight is 675 g/mol. The zero-order valence-electron chi connectivity index (χ0n) is 30.5. The highest BCUT2D eigenvalue weighted by molar-refractivity contribution is 6.74. The number of rotatable bonds is 9. The highest BCUT2D eigenvalue weighted by Gasteiger charge is 2.63. The Bertz CT molecular complexity index is 1120. The Morgan fingerprint density at radius 1 is 0.913 bits per heavy atom. The van der Waals surface area contributed by atoms with Gasteiger partial charge in [0.15, 0.2) is 14.1 Å². The Morgan fingerprint density at radius 2 is 1.43 bits per heavy atom. The van der Waals surface area contributed by atoms with E-state index in [1.54, 1.807) is 55.4 Å². The molecule has 266 valence electrons. The topological polar surface area (TPSA) is 150 Å². The molecular formula is C32H58N2O11Si. The standard InChI is InChI=1S/C32H58N2O11Si/c1-19(35)33(27(38)44-29(3,4)5)17-22-25-26(43-32(12,13)42-25)24(34(22)28(39)45-30(6,7)8)23(41-20(2)36)16-21(37)18-40-46(14,15)31(9,10)11/h21-26,37H,16-18H2,1-15H3/t21-,22-,23+,24-,25-,26+/m1/s1. The molecule has 0 saturated carbocycles. The van der Waals surface area contributed by atoms with E-state index in [0.717, 1.165) is 4.90 Å². The van der Waals surface area contributed by atoms with Gasteiger partial charge in [-0.2, -0.15) is 0 Å². The first kappa shape index (κ1) is 39.9. The molecule has 6 atom stereocenters. The van der Waals surface area contributed by atoms with Gasteiger partial charge in [0, 0.05) is 20.3 Å². The van der Waals surface area contributed by atoms with Crippen LogP contribution in [0, 0.1) is 0 Å². The molecule has 0 spiro atoms. The van der Waals surface area contributed by atoms with Gasteiger partial charge in [0.1, 0.15) is 35.6 Å². The molecule has 14 heteroatoms. The van der Waals surface area contributed by atoms with Crippen molar-refractivity contribution in [2.45, 2.75) is 168 Å². The van der Waals surface area contributed by atoms with Crippen LogP contribution in [0.1, 0.15) is 96.4 Å². The van der Waals surface area contributed by atoms with E-state index in [-0.39, 0.29) is 24.6 Å². The maximum Gasteiger partial charge on any atom is 0.417 e. The fourth-order valence-electron chi connectivity index (χ4n) is 5.23. The van der Waals surface area contributed by atoms with E-state index in [4.69, 9.17) is 28.1 Å². The van der Waals surface area contributed by atoms with Gasteiger partial charge in [0.05, 0.1) is 25.3 Å². The predicted octanol–water partition coefficient (Wildman–Crippen LogP) is 4.98. The molecule has 0 radical (unpaired) electrons. The van der Waals surface area contributed by atoms with Crippen LogP contribution in [0.2, 0.25) is 18.1 Å². The molecule has 2 heterocycles. The van der Waals surface area contributed by atoms with Crippen molar-refractivity contribution in [1.29, 1.82) is 0 Å². The molecule has 0 unspecified atom stereocenters. The molecule has 0 aromatic heterocycles. The van der Waals surface area contributed by atoms with E-state index in [2.05, 4.69) is 33.9 Å². The van der Waals surface area contributed by atoms with Crippen LogP contribution in [0.15, 0.2) is 0 Å². The van der Waals surface area contributed by atoms with E-state index < -0.39 is 85.9 Å². The first-order chi connectivity index (χ1) is 20.5. The molecule has 2 aliphatic rings. The lowest BCUT2D eigenvalue weighted by Crippen LogP contribution is -2.57. The maximum atomic E-state index is 14.0. The lowest BCUT2D eigenvalue weighted by Gasteiger charge is -2.40. The van der Waals surface area contributed by atoms with E-state index in [1.807, 2.05) is 0 Å². The van der Waals surface area contributed by atoms with Crippen LogP contribution in [0.25, 0.3) is 0 Å². The largest absolute Gasteiger partial charge is 0.460 e. The number of likely N-dealkylation sites (tertiary alicyclic amines) is 1. The zero-order valence-corrected chi connectivity index (χ0v) is 31.5. The highest BCUT2D eigenvalue weighted by Crippen LogP contribution is 2.44. The number of esters is 1. The summed E-state index contributed by atoms with van der Waals surface area (Å²) in [5.74, 6) is -2.36. The van der Waals surface area contributed by atoms with E-state index in [0.29, 0.717) is 0 Å². The summed E-state index contributed by atoms with van der Waals surface area (Å²) in [6.45, 7) is 26.1. The van der Waals surface area contributed by atoms with E-state index >= 15 is 0 Å². The smallest absolute Gasteiger partial charge is 0.417 e. The van der Waals surface area contributed by atoms with Gasteiger partial charge in [-0.3, -0.25) is 14.5 Å². The van der Waals surface area contributed by atoms with Gasteiger partial charge in [-0.1, -0.05) is 20.8 Å². The summed E-state index contributed by atoms with van der Waals surface area (Å²) >= 11 is 0. The number of carbonyl (C=O) groups excluding carboxylic acids is 4. The van der Waals surface area contributed by atoms with Crippen LogP contribution in [-0.2, 0) is 37.7 Å². The molecule has 2 aliphatic heterocycles. The van der Waals surface area contributed by atoms with Crippen molar-refractivity contribution in [3.8, 4) is 0 Å². The van der Waals surface area contributed by atoms with E-state index in [1.165, 1.54) is 18.7 Å². The lowest BCUT2D eigenvalue weighted by atomic mass is 9.98. The van der Waals surface area contributed by atoms with Crippen molar-refractivity contribution in [3.05, 3.63) is 0 Å². The summed E-state index contributed by atoms with van der Waals surface area (Å²) in [6, 6.07) is -2.01. The van der Waals surface area contributed by atoms with Gasteiger partial charge in [-0.15, -0.1) is 0 Å². The molecular weight excluding hydrogens is 616 g/mol. The Labute approximate surface area is 275 Å². The molecule has 0 aromatic carbocycles. The van der Waals surface area contributed by atoms with Gasteiger partial charge in [-0.25, -0.2) is 14.5 Å². The first-order valence-corrected chi connectivity index (χ1v) is 18.8. The van der Waals surface area contributed by atoms with Gasteiger partial charge in [-0.05, 0) is 73.5 Å². The van der Waals surface area contributed by atoms with Crippen molar-refractivity contribution < 1.29 is 52.4 Å². The fourth-order valence-corrected chi connectivity index (χ4v) is 6.28. The second kappa shape index (κ2) is 14.1. The molecule has 0 aromatic rings.